The predicted molar refractivity (Wildman–Crippen MR) is 44.8 cm³/mol. The highest BCUT2D eigenvalue weighted by molar-refractivity contribution is 5.85. The zero-order chi connectivity index (χ0) is 7.56. The van der Waals surface area contributed by atoms with Crippen molar-refractivity contribution in [2.24, 2.45) is 11.7 Å². The van der Waals surface area contributed by atoms with Crippen LogP contribution in [0, 0.1) is 5.92 Å². The molecule has 0 aromatic rings. The van der Waals surface area contributed by atoms with Crippen molar-refractivity contribution < 1.29 is 9.90 Å². The fourth-order valence-corrected chi connectivity index (χ4v) is 1.09. The van der Waals surface area contributed by atoms with Gasteiger partial charge in [0.05, 0.1) is 6.42 Å². The number of carboxylic acids is 1. The zero-order valence-corrected chi connectivity index (χ0v) is 7.14. The first-order valence-corrected chi connectivity index (χ1v) is 3.66. The smallest absolute Gasteiger partial charge is 0.304 e. The van der Waals surface area contributed by atoms with Crippen LogP contribution < -0.4 is 5.73 Å². The highest BCUT2D eigenvalue weighted by Gasteiger charge is 2.24. The van der Waals surface area contributed by atoms with Crippen LogP contribution in [-0.4, -0.2) is 17.1 Å². The van der Waals surface area contributed by atoms with Crippen LogP contribution in [-0.2, 0) is 4.79 Å². The second-order valence-corrected chi connectivity index (χ2v) is 3.04. The number of carboxylic acid groups (broad SMARTS) is 1. The lowest BCUT2D eigenvalue weighted by Crippen LogP contribution is -2.23. The second-order valence-electron chi connectivity index (χ2n) is 3.04. The normalized spacial score (nSPS) is 18.6. The molecule has 3 N–H and O–H groups in total. The van der Waals surface area contributed by atoms with E-state index in [1.807, 2.05) is 0 Å². The average Bonchev–Trinajstić information content (AvgIpc) is 2.46. The number of nitrogens with two attached hydrogens (primary N) is 1. The lowest BCUT2D eigenvalue weighted by molar-refractivity contribution is -0.137. The number of halogens is 1. The Morgan fingerprint density at radius 2 is 2.18 bits per heavy atom. The Bertz CT molecular complexity index is 136. The van der Waals surface area contributed by atoms with Crippen LogP contribution in [0.4, 0.5) is 0 Å². The van der Waals surface area contributed by atoms with Gasteiger partial charge in [-0.15, -0.1) is 12.4 Å². The molecule has 0 radical (unpaired) electrons. The lowest BCUT2D eigenvalue weighted by Gasteiger charge is -2.05. The maximum Gasteiger partial charge on any atom is 0.304 e. The standard InChI is InChI=1S/C7H13NO2.ClH/c8-6(4-7(9)10)3-5-1-2-5;/h5-6H,1-4,8H2,(H,9,10);1H. The highest BCUT2D eigenvalue weighted by Crippen LogP contribution is 2.33. The Kier molecular flexibility index (Phi) is 4.45. The molecule has 1 atom stereocenters. The Morgan fingerprint density at radius 3 is 2.55 bits per heavy atom. The van der Waals surface area contributed by atoms with Crippen molar-refractivity contribution in [2.45, 2.75) is 31.7 Å². The molecule has 0 bridgehead atoms. The summed E-state index contributed by atoms with van der Waals surface area (Å²) >= 11 is 0. The minimum absolute atomic E-state index is 0. The molecule has 0 saturated heterocycles. The van der Waals surface area contributed by atoms with Crippen molar-refractivity contribution >= 4 is 18.4 Å². The van der Waals surface area contributed by atoms with Crippen LogP contribution in [0.3, 0.4) is 0 Å². The topological polar surface area (TPSA) is 63.3 Å². The molecule has 1 saturated carbocycles. The molecule has 1 fully saturated rings. The summed E-state index contributed by atoms with van der Waals surface area (Å²) in [7, 11) is 0. The lowest BCUT2D eigenvalue weighted by atomic mass is 10.1. The van der Waals surface area contributed by atoms with E-state index in [-0.39, 0.29) is 24.9 Å². The Labute approximate surface area is 72.4 Å². The first-order chi connectivity index (χ1) is 4.68. The molecule has 0 amide bonds. The fraction of sp³-hybridized carbons (Fsp3) is 0.857. The Morgan fingerprint density at radius 1 is 1.64 bits per heavy atom. The van der Waals surface area contributed by atoms with E-state index in [1.165, 1.54) is 12.8 Å². The maximum absolute atomic E-state index is 10.1. The van der Waals surface area contributed by atoms with E-state index in [9.17, 15) is 4.79 Å². The molecular formula is C7H14ClNO2. The number of aliphatic carboxylic acids is 1. The second kappa shape index (κ2) is 4.57. The van der Waals surface area contributed by atoms with Crippen LogP contribution >= 0.6 is 12.4 Å². The van der Waals surface area contributed by atoms with Crippen molar-refractivity contribution in [3.63, 3.8) is 0 Å². The van der Waals surface area contributed by atoms with Gasteiger partial charge in [0.25, 0.3) is 0 Å². The van der Waals surface area contributed by atoms with Gasteiger partial charge in [0.1, 0.15) is 0 Å². The minimum atomic E-state index is -0.784. The summed E-state index contributed by atoms with van der Waals surface area (Å²) in [6.07, 6.45) is 3.50. The molecule has 1 aliphatic carbocycles. The average molecular weight is 180 g/mol. The highest BCUT2D eigenvalue weighted by atomic mass is 35.5. The minimum Gasteiger partial charge on any atom is -0.481 e. The molecule has 0 spiro atoms. The van der Waals surface area contributed by atoms with Crippen LogP contribution in [0.25, 0.3) is 0 Å². The van der Waals surface area contributed by atoms with Gasteiger partial charge in [0.15, 0.2) is 0 Å². The predicted octanol–water partition coefficient (Wildman–Crippen LogP) is 1.01. The van der Waals surface area contributed by atoms with Gasteiger partial charge in [0, 0.05) is 6.04 Å². The first-order valence-electron chi connectivity index (χ1n) is 3.66. The van der Waals surface area contributed by atoms with Crippen molar-refractivity contribution in [2.75, 3.05) is 0 Å². The molecule has 0 aromatic heterocycles. The van der Waals surface area contributed by atoms with Crippen LogP contribution in [0.5, 0.6) is 0 Å². The van der Waals surface area contributed by atoms with E-state index in [0.717, 1.165) is 12.3 Å². The van der Waals surface area contributed by atoms with Gasteiger partial charge in [-0.05, 0) is 12.3 Å². The molecular weight excluding hydrogens is 166 g/mol. The zero-order valence-electron chi connectivity index (χ0n) is 6.32. The quantitative estimate of drug-likeness (QED) is 0.677. The number of hydrogen-bond acceptors (Lipinski definition) is 2. The SMILES string of the molecule is Cl.NC(CC(=O)O)CC1CC1. The van der Waals surface area contributed by atoms with Crippen molar-refractivity contribution in [1.82, 2.24) is 0 Å². The molecule has 1 unspecified atom stereocenters. The summed E-state index contributed by atoms with van der Waals surface area (Å²) in [6.45, 7) is 0. The van der Waals surface area contributed by atoms with Gasteiger partial charge in [-0.1, -0.05) is 12.8 Å². The molecule has 1 aliphatic rings. The van der Waals surface area contributed by atoms with Gasteiger partial charge < -0.3 is 10.8 Å². The van der Waals surface area contributed by atoms with E-state index < -0.39 is 5.97 Å². The summed E-state index contributed by atoms with van der Waals surface area (Å²) in [5.41, 5.74) is 5.53. The van der Waals surface area contributed by atoms with Crippen molar-refractivity contribution in [1.29, 1.82) is 0 Å². The molecule has 66 valence electrons. The summed E-state index contributed by atoms with van der Waals surface area (Å²) in [5.74, 6) is -0.0532. The first kappa shape index (κ1) is 10.7. The van der Waals surface area contributed by atoms with E-state index in [0.29, 0.717) is 0 Å². The van der Waals surface area contributed by atoms with Crippen molar-refractivity contribution in [3.05, 3.63) is 0 Å². The summed E-state index contributed by atoms with van der Waals surface area (Å²) < 4.78 is 0. The fourth-order valence-electron chi connectivity index (χ4n) is 1.09. The third-order valence-electron chi connectivity index (χ3n) is 1.77. The number of rotatable bonds is 4. The van der Waals surface area contributed by atoms with Crippen LogP contribution in [0.2, 0.25) is 0 Å². The third-order valence-corrected chi connectivity index (χ3v) is 1.77. The summed E-state index contributed by atoms with van der Waals surface area (Å²) in [4.78, 5) is 10.1. The molecule has 0 heterocycles. The summed E-state index contributed by atoms with van der Waals surface area (Å²) in [6, 6.07) is -0.120. The van der Waals surface area contributed by atoms with Crippen LogP contribution in [0.15, 0.2) is 0 Å². The molecule has 4 heteroatoms. The van der Waals surface area contributed by atoms with Gasteiger partial charge >= 0.3 is 5.97 Å². The van der Waals surface area contributed by atoms with Gasteiger partial charge in [0.2, 0.25) is 0 Å². The van der Waals surface area contributed by atoms with E-state index in [2.05, 4.69) is 0 Å². The van der Waals surface area contributed by atoms with Gasteiger partial charge in [-0.2, -0.15) is 0 Å². The molecule has 11 heavy (non-hydrogen) atoms. The summed E-state index contributed by atoms with van der Waals surface area (Å²) in [5, 5.41) is 8.34. The third kappa shape index (κ3) is 5.04. The molecule has 0 aromatic carbocycles. The Balaban J connectivity index is 0.000001000. The number of carbonyl (C=O) groups is 1. The molecule has 1 rings (SSSR count). The Hall–Kier alpha value is -0.280. The van der Waals surface area contributed by atoms with E-state index in [1.54, 1.807) is 0 Å². The molecule has 3 nitrogen and oxygen atoms in total. The molecule has 0 aliphatic heterocycles. The van der Waals surface area contributed by atoms with Crippen molar-refractivity contribution in [3.8, 4) is 0 Å². The van der Waals surface area contributed by atoms with E-state index in [4.69, 9.17) is 10.8 Å². The number of hydrogen-bond donors (Lipinski definition) is 2. The largest absolute Gasteiger partial charge is 0.481 e. The monoisotopic (exact) mass is 179 g/mol. The van der Waals surface area contributed by atoms with E-state index >= 15 is 0 Å². The van der Waals surface area contributed by atoms with Crippen LogP contribution in [0.1, 0.15) is 25.7 Å². The maximum atomic E-state index is 10.1. The van der Waals surface area contributed by atoms with Gasteiger partial charge in [-0.3, -0.25) is 4.79 Å². The van der Waals surface area contributed by atoms with Gasteiger partial charge in [-0.25, -0.2) is 0 Å².